The summed E-state index contributed by atoms with van der Waals surface area (Å²) in [4.78, 5) is 0. The zero-order valence-electron chi connectivity index (χ0n) is 33.6. The molecule has 0 bridgehead atoms. The molecule has 0 atom stereocenters. The third-order valence-corrected chi connectivity index (χ3v) is 16.6. The van der Waals surface area contributed by atoms with Gasteiger partial charge < -0.3 is 0 Å². The van der Waals surface area contributed by atoms with E-state index in [1.807, 2.05) is 0 Å². The summed E-state index contributed by atoms with van der Waals surface area (Å²) in [5.41, 5.74) is 12.4. The number of rotatable bonds is 3. The van der Waals surface area contributed by atoms with Crippen molar-refractivity contribution in [1.29, 1.82) is 0 Å². The van der Waals surface area contributed by atoms with Gasteiger partial charge in [-0.25, -0.2) is 0 Å². The zero-order valence-corrected chi connectivity index (χ0v) is 35.4. The molecular weight excluding hydrogens is 602 g/mol. The topological polar surface area (TPSA) is 0 Å². The Bertz CT molecular complexity index is 1570. The molecule has 3 aromatic rings. The average molecular weight is 669 g/mol. The van der Waals surface area contributed by atoms with E-state index in [0.717, 1.165) is 0 Å². The molecule has 0 aromatic heterocycles. The molecule has 0 spiro atoms. The number of hydrogen-bond donors (Lipinski definition) is 0. The van der Waals surface area contributed by atoms with Crippen LogP contribution < -0.4 is 5.30 Å². The molecule has 4 rings (SSSR count). The fourth-order valence-electron chi connectivity index (χ4n) is 6.83. The van der Waals surface area contributed by atoms with Gasteiger partial charge in [-0.05, 0) is 96.9 Å². The summed E-state index contributed by atoms with van der Waals surface area (Å²) in [7, 11) is -1.21. The van der Waals surface area contributed by atoms with Crippen molar-refractivity contribution in [3.8, 4) is 0 Å². The van der Waals surface area contributed by atoms with Crippen molar-refractivity contribution in [2.75, 3.05) is 6.66 Å². The molecule has 0 amide bonds. The molecule has 1 aliphatic heterocycles. The molecule has 0 nitrogen and oxygen atoms in total. The van der Waals surface area contributed by atoms with Crippen LogP contribution in [0.3, 0.4) is 0 Å². The van der Waals surface area contributed by atoms with Crippen LogP contribution in [0.25, 0.3) is 0 Å². The predicted octanol–water partition coefficient (Wildman–Crippen LogP) is 13.1. The normalized spacial score (nSPS) is 17.7. The second-order valence-corrected chi connectivity index (χ2v) is 25.1. The van der Waals surface area contributed by atoms with Gasteiger partial charge in [0.2, 0.25) is 0 Å². The Hall–Kier alpha value is -1.87. The lowest BCUT2D eigenvalue weighted by Crippen LogP contribution is -2.33. The Balaban J connectivity index is 2.33. The fourth-order valence-corrected chi connectivity index (χ4v) is 13.9. The largest absolute Gasteiger partial charge is 0.110 e. The van der Waals surface area contributed by atoms with Gasteiger partial charge in [0.05, 0.1) is 0 Å². The van der Waals surface area contributed by atoms with Gasteiger partial charge >= 0.3 is 0 Å². The van der Waals surface area contributed by atoms with E-state index in [1.54, 1.807) is 21.2 Å². The molecule has 256 valence electrons. The minimum absolute atomic E-state index is 0.0225. The molecule has 3 aromatic carbocycles. The van der Waals surface area contributed by atoms with Crippen molar-refractivity contribution in [2.24, 2.45) is 0 Å². The number of benzene rings is 3. The van der Waals surface area contributed by atoms with E-state index in [0.29, 0.717) is 0 Å². The molecule has 0 radical (unpaired) electrons. The molecule has 47 heavy (non-hydrogen) atoms. The van der Waals surface area contributed by atoms with E-state index >= 15 is 0 Å². The highest BCUT2D eigenvalue weighted by Gasteiger charge is 2.42. The van der Waals surface area contributed by atoms with E-state index < -0.39 is 15.1 Å². The standard InChI is InChI=1S/C45H66P2/c1-40(2,3)29-25-32(42(7,8)9)36(33(26-29)43(10,11)12)38-46(19)39(47(38)31-23-21-20-22-24-31)37-34(44(13,14)15)27-30(41(4,5)6)28-35(37)45(16,17)18/h20-28H,1-19H3. The highest BCUT2D eigenvalue weighted by molar-refractivity contribution is 8.18. The lowest BCUT2D eigenvalue weighted by atomic mass is 9.72. The summed E-state index contributed by atoms with van der Waals surface area (Å²) in [6, 6.07) is 21.9. The lowest BCUT2D eigenvalue weighted by Gasteiger charge is -2.43. The second kappa shape index (κ2) is 12.2. The Labute approximate surface area is 292 Å². The van der Waals surface area contributed by atoms with Gasteiger partial charge in [-0.3, -0.25) is 0 Å². The Morgan fingerprint density at radius 1 is 0.383 bits per heavy atom. The maximum Gasteiger partial charge on any atom is 0.0127 e. The third-order valence-electron chi connectivity index (χ3n) is 9.76. The van der Waals surface area contributed by atoms with Gasteiger partial charge in [-0.15, -0.1) is 7.17 Å². The molecule has 0 unspecified atom stereocenters. The highest BCUT2D eigenvalue weighted by atomic mass is 31.2. The fraction of sp³-hybridized carbons (Fsp3) is 0.556. The highest BCUT2D eigenvalue weighted by Crippen LogP contribution is 2.62. The maximum absolute atomic E-state index is 2.59. The SMILES string of the molecule is CP1=C(c2c(C(C)(C)C)cc(C(C)(C)C)cc2C(C)(C)C)P(c2ccccc2)C=1c1c(C(C)(C)C)cc(C(C)(C)C)cc1C(C)(C)C. The number of hydrogen-bond acceptors (Lipinski definition) is 0. The first kappa shape index (κ1) is 37.9. The van der Waals surface area contributed by atoms with Crippen molar-refractivity contribution in [3.05, 3.63) is 99.1 Å². The van der Waals surface area contributed by atoms with Crippen LogP contribution in [0.2, 0.25) is 0 Å². The minimum Gasteiger partial charge on any atom is -0.110 e. The first-order valence-electron chi connectivity index (χ1n) is 17.8. The summed E-state index contributed by atoms with van der Waals surface area (Å²) in [6.07, 6.45) is 0. The minimum atomic E-state index is -0.678. The van der Waals surface area contributed by atoms with Crippen molar-refractivity contribution in [2.45, 2.75) is 157 Å². The van der Waals surface area contributed by atoms with Gasteiger partial charge in [-0.2, -0.15) is 0 Å². The van der Waals surface area contributed by atoms with Crippen molar-refractivity contribution < 1.29 is 0 Å². The van der Waals surface area contributed by atoms with E-state index in [2.05, 4.69) is 186 Å². The lowest BCUT2D eigenvalue weighted by molar-refractivity contribution is 0.546. The van der Waals surface area contributed by atoms with Crippen LogP contribution in [-0.4, -0.2) is 16.7 Å². The summed E-state index contributed by atoms with van der Waals surface area (Å²) < 4.78 is 0. The molecular formula is C45H66P2. The zero-order chi connectivity index (χ0) is 35.9. The second-order valence-electron chi connectivity index (χ2n) is 20.3. The van der Waals surface area contributed by atoms with Crippen LogP contribution in [0, 0.1) is 0 Å². The van der Waals surface area contributed by atoms with Crippen LogP contribution >= 0.6 is 15.1 Å². The Morgan fingerprint density at radius 3 is 0.894 bits per heavy atom. The van der Waals surface area contributed by atoms with Gasteiger partial charge in [0, 0.05) is 10.1 Å². The van der Waals surface area contributed by atoms with Gasteiger partial charge in [0.1, 0.15) is 0 Å². The van der Waals surface area contributed by atoms with Crippen LogP contribution in [0.1, 0.15) is 169 Å². The molecule has 0 N–H and O–H groups in total. The molecule has 1 aliphatic rings. The van der Waals surface area contributed by atoms with Gasteiger partial charge in [0.15, 0.2) is 0 Å². The maximum atomic E-state index is 2.59. The van der Waals surface area contributed by atoms with Crippen LogP contribution in [0.4, 0.5) is 0 Å². The van der Waals surface area contributed by atoms with Crippen LogP contribution in [-0.2, 0) is 32.5 Å². The predicted molar refractivity (Wildman–Crippen MR) is 219 cm³/mol. The van der Waals surface area contributed by atoms with Crippen molar-refractivity contribution in [1.82, 2.24) is 0 Å². The Morgan fingerprint density at radius 2 is 0.660 bits per heavy atom. The van der Waals surface area contributed by atoms with E-state index in [4.69, 9.17) is 0 Å². The Kier molecular flexibility index (Phi) is 9.82. The molecule has 1 heterocycles. The van der Waals surface area contributed by atoms with Crippen molar-refractivity contribution in [3.63, 3.8) is 0 Å². The average Bonchev–Trinajstić information content (AvgIpc) is 2.88. The summed E-state index contributed by atoms with van der Waals surface area (Å²) in [6.45, 7) is 46.0. The molecule has 2 heteroatoms. The van der Waals surface area contributed by atoms with Crippen molar-refractivity contribution >= 4 is 30.5 Å². The first-order valence-corrected chi connectivity index (χ1v) is 20.9. The van der Waals surface area contributed by atoms with Gasteiger partial charge in [-0.1, -0.05) is 179 Å². The smallest absolute Gasteiger partial charge is 0.0127 e. The third kappa shape index (κ3) is 7.51. The summed E-state index contributed by atoms with van der Waals surface area (Å²) >= 11 is 0. The quantitative estimate of drug-likeness (QED) is 0.244. The monoisotopic (exact) mass is 668 g/mol. The van der Waals surface area contributed by atoms with E-state index in [1.165, 1.54) is 38.7 Å². The van der Waals surface area contributed by atoms with E-state index in [-0.39, 0.29) is 32.5 Å². The molecule has 0 saturated carbocycles. The van der Waals surface area contributed by atoms with Crippen LogP contribution in [0.15, 0.2) is 54.6 Å². The van der Waals surface area contributed by atoms with Crippen LogP contribution in [0.5, 0.6) is 0 Å². The summed E-state index contributed by atoms with van der Waals surface area (Å²) in [5, 5.41) is 4.95. The molecule has 0 aliphatic carbocycles. The van der Waals surface area contributed by atoms with E-state index in [9.17, 15) is 0 Å². The molecule has 0 fully saturated rings. The first-order chi connectivity index (χ1) is 21.1. The molecule has 0 saturated heterocycles. The van der Waals surface area contributed by atoms with Gasteiger partial charge in [0.25, 0.3) is 0 Å². The summed E-state index contributed by atoms with van der Waals surface area (Å²) in [5.74, 6) is 0.